The first-order chi connectivity index (χ1) is 14.6. The lowest BCUT2D eigenvalue weighted by Gasteiger charge is -2.26. The summed E-state index contributed by atoms with van der Waals surface area (Å²) < 4.78 is 40.1. The van der Waals surface area contributed by atoms with Crippen molar-refractivity contribution >= 4 is 17.8 Å². The number of benzene rings is 1. The van der Waals surface area contributed by atoms with Crippen LogP contribution >= 0.6 is 11.9 Å². The number of halogens is 2. The van der Waals surface area contributed by atoms with Crippen molar-refractivity contribution in [3.63, 3.8) is 0 Å². The van der Waals surface area contributed by atoms with Crippen LogP contribution in [0.3, 0.4) is 0 Å². The number of nitrogens with zero attached hydrogens (tertiary/aromatic N) is 4. The molecule has 1 saturated carbocycles. The van der Waals surface area contributed by atoms with E-state index in [1.807, 2.05) is 17.8 Å². The zero-order chi connectivity index (χ0) is 20.9. The van der Waals surface area contributed by atoms with E-state index in [1.165, 1.54) is 18.5 Å². The molecule has 0 spiro atoms. The Labute approximate surface area is 178 Å². The van der Waals surface area contributed by atoms with Gasteiger partial charge in [-0.2, -0.15) is 5.10 Å². The van der Waals surface area contributed by atoms with E-state index in [1.54, 1.807) is 18.5 Å². The van der Waals surface area contributed by atoms with E-state index in [9.17, 15) is 8.78 Å². The minimum atomic E-state index is -0.678. The topological polar surface area (TPSA) is 64.9 Å². The van der Waals surface area contributed by atoms with Crippen molar-refractivity contribution in [1.29, 1.82) is 0 Å². The van der Waals surface area contributed by atoms with Crippen LogP contribution in [0, 0.1) is 11.6 Å². The van der Waals surface area contributed by atoms with E-state index >= 15 is 0 Å². The number of nitrogens with one attached hydrogen (secondary N) is 1. The molecule has 1 N–H and O–H groups in total. The molecule has 1 fully saturated rings. The van der Waals surface area contributed by atoms with Crippen molar-refractivity contribution in [2.75, 3.05) is 4.72 Å². The molecule has 0 bridgehead atoms. The molecule has 0 amide bonds. The molecule has 1 aliphatic carbocycles. The van der Waals surface area contributed by atoms with E-state index < -0.39 is 11.6 Å². The van der Waals surface area contributed by atoms with E-state index in [2.05, 4.69) is 19.8 Å². The van der Waals surface area contributed by atoms with Crippen LogP contribution in [0.15, 0.2) is 47.9 Å². The van der Waals surface area contributed by atoms with Crippen molar-refractivity contribution in [3.05, 3.63) is 60.3 Å². The second-order valence-electron chi connectivity index (χ2n) is 7.30. The van der Waals surface area contributed by atoms with Gasteiger partial charge in [0.1, 0.15) is 40.5 Å². The number of rotatable bonds is 6. The molecule has 0 unspecified atom stereocenters. The summed E-state index contributed by atoms with van der Waals surface area (Å²) >= 11 is 0.828. The summed E-state index contributed by atoms with van der Waals surface area (Å²) in [6, 6.07) is 6.10. The van der Waals surface area contributed by atoms with Crippen LogP contribution in [0.5, 0.6) is 5.75 Å². The third kappa shape index (κ3) is 4.72. The molecular weight excluding hydrogens is 408 g/mol. The van der Waals surface area contributed by atoms with Crippen LogP contribution in [0.2, 0.25) is 0 Å². The highest BCUT2D eigenvalue weighted by Gasteiger charge is 2.29. The molecule has 4 rings (SSSR count). The Hall–Kier alpha value is -2.68. The zero-order valence-corrected chi connectivity index (χ0v) is 17.4. The minimum Gasteiger partial charge on any atom is -0.490 e. The molecule has 2 heterocycles. The predicted octanol–water partition coefficient (Wildman–Crippen LogP) is 5.10. The average Bonchev–Trinajstić information content (AvgIpc) is 3.02. The molecule has 30 heavy (non-hydrogen) atoms. The number of ether oxygens (including phenoxy) is 1. The predicted molar refractivity (Wildman–Crippen MR) is 111 cm³/mol. The molecule has 2 aromatic heterocycles. The largest absolute Gasteiger partial charge is 0.490 e. The molecule has 1 aromatic carbocycles. The maximum absolute atomic E-state index is 14.7. The quantitative estimate of drug-likeness (QED) is 0.433. The number of aryl methyl sites for hydroxylation is 1. The Morgan fingerprint density at radius 3 is 2.60 bits per heavy atom. The molecular formula is C21H23F2N5OS. The van der Waals surface area contributed by atoms with Crippen LogP contribution in [0.1, 0.15) is 43.7 Å². The molecule has 0 aliphatic heterocycles. The molecule has 0 saturated heterocycles. The van der Waals surface area contributed by atoms with Crippen molar-refractivity contribution < 1.29 is 13.5 Å². The van der Waals surface area contributed by atoms with Gasteiger partial charge in [0.25, 0.3) is 0 Å². The minimum absolute atomic E-state index is 0.134. The lowest BCUT2D eigenvalue weighted by molar-refractivity contribution is 0.156. The lowest BCUT2D eigenvalue weighted by atomic mass is 9.93. The van der Waals surface area contributed by atoms with Crippen molar-refractivity contribution in [2.45, 2.75) is 49.0 Å². The Morgan fingerprint density at radius 1 is 1.10 bits per heavy atom. The van der Waals surface area contributed by atoms with E-state index in [0.717, 1.165) is 49.7 Å². The Kier molecular flexibility index (Phi) is 6.47. The SMILES string of the molecule is Cn1nccc1[C@H]1CCCCC[C@@H]1Oc1cc(F)c(SNc2ccncn2)c(F)c1. The maximum atomic E-state index is 14.7. The van der Waals surface area contributed by atoms with Gasteiger partial charge in [-0.15, -0.1) is 0 Å². The van der Waals surface area contributed by atoms with Crippen LogP contribution in [0.25, 0.3) is 0 Å². The molecule has 6 nitrogen and oxygen atoms in total. The molecule has 2 atom stereocenters. The van der Waals surface area contributed by atoms with Gasteiger partial charge >= 0.3 is 0 Å². The highest BCUT2D eigenvalue weighted by atomic mass is 32.2. The van der Waals surface area contributed by atoms with Gasteiger partial charge in [0.2, 0.25) is 0 Å². The molecule has 3 aromatic rings. The van der Waals surface area contributed by atoms with Crippen LogP contribution in [0.4, 0.5) is 14.6 Å². The van der Waals surface area contributed by atoms with E-state index in [0.29, 0.717) is 5.82 Å². The summed E-state index contributed by atoms with van der Waals surface area (Å²) in [5, 5.41) is 4.27. The summed E-state index contributed by atoms with van der Waals surface area (Å²) in [4.78, 5) is 7.65. The first-order valence-electron chi connectivity index (χ1n) is 9.94. The third-order valence-corrected chi connectivity index (χ3v) is 6.20. The Bertz CT molecular complexity index is 962. The summed E-state index contributed by atoms with van der Waals surface area (Å²) in [6.45, 7) is 0. The summed E-state index contributed by atoms with van der Waals surface area (Å²) in [6.07, 6.45) is 9.58. The smallest absolute Gasteiger partial charge is 0.145 e. The second kappa shape index (κ2) is 9.42. The van der Waals surface area contributed by atoms with Crippen molar-refractivity contribution in [1.82, 2.24) is 19.7 Å². The van der Waals surface area contributed by atoms with Gasteiger partial charge in [-0.05, 0) is 43.3 Å². The fourth-order valence-electron chi connectivity index (χ4n) is 3.83. The van der Waals surface area contributed by atoms with E-state index in [-0.39, 0.29) is 22.7 Å². The fourth-order valence-corrected chi connectivity index (χ4v) is 4.47. The normalized spacial score (nSPS) is 19.3. The highest BCUT2D eigenvalue weighted by molar-refractivity contribution is 8.00. The summed E-state index contributed by atoms with van der Waals surface area (Å²) in [7, 11) is 1.91. The zero-order valence-electron chi connectivity index (χ0n) is 16.6. The summed E-state index contributed by atoms with van der Waals surface area (Å²) in [5.41, 5.74) is 1.09. The van der Waals surface area contributed by atoms with Gasteiger partial charge in [-0.3, -0.25) is 4.68 Å². The van der Waals surface area contributed by atoms with Crippen LogP contribution in [-0.2, 0) is 7.05 Å². The molecule has 9 heteroatoms. The van der Waals surface area contributed by atoms with Gasteiger partial charge < -0.3 is 9.46 Å². The number of hydrogen-bond acceptors (Lipinski definition) is 6. The van der Waals surface area contributed by atoms with E-state index in [4.69, 9.17) is 4.74 Å². The fraction of sp³-hybridized carbons (Fsp3) is 0.381. The molecule has 0 radical (unpaired) electrons. The standard InChI is InChI=1S/C21H23F2N5OS/c1-28-18(7-10-26-28)15-5-3-2-4-6-19(15)29-14-11-16(22)21(17(23)12-14)30-27-20-8-9-24-13-25-20/h7-13,15,19H,2-6H2,1H3,(H,24,25,27)/t15-,19+/m1/s1. The monoisotopic (exact) mass is 431 g/mol. The van der Waals surface area contributed by atoms with Gasteiger partial charge in [0.05, 0.1) is 0 Å². The van der Waals surface area contributed by atoms with Crippen LogP contribution in [-0.4, -0.2) is 25.9 Å². The average molecular weight is 432 g/mol. The molecule has 1 aliphatic rings. The Balaban J connectivity index is 1.51. The Morgan fingerprint density at radius 2 is 1.90 bits per heavy atom. The van der Waals surface area contributed by atoms with Gasteiger partial charge in [0.15, 0.2) is 0 Å². The van der Waals surface area contributed by atoms with Gasteiger partial charge in [0, 0.05) is 43.2 Å². The lowest BCUT2D eigenvalue weighted by Crippen LogP contribution is -2.26. The highest BCUT2D eigenvalue weighted by Crippen LogP contribution is 2.36. The van der Waals surface area contributed by atoms with Crippen molar-refractivity contribution in [2.24, 2.45) is 7.05 Å². The van der Waals surface area contributed by atoms with Crippen molar-refractivity contribution in [3.8, 4) is 5.75 Å². The van der Waals surface area contributed by atoms with Gasteiger partial charge in [-0.25, -0.2) is 18.7 Å². The maximum Gasteiger partial charge on any atom is 0.145 e. The third-order valence-electron chi connectivity index (χ3n) is 5.29. The van der Waals surface area contributed by atoms with Crippen LogP contribution < -0.4 is 9.46 Å². The second-order valence-corrected chi connectivity index (χ2v) is 8.11. The first-order valence-corrected chi connectivity index (χ1v) is 10.8. The number of aromatic nitrogens is 4. The molecule has 158 valence electrons. The first kappa shape index (κ1) is 20.6. The number of hydrogen-bond donors (Lipinski definition) is 1. The number of anilines is 1. The van der Waals surface area contributed by atoms with Gasteiger partial charge in [-0.1, -0.05) is 12.8 Å². The summed E-state index contributed by atoms with van der Waals surface area (Å²) in [5.74, 6) is -0.550.